The van der Waals surface area contributed by atoms with Gasteiger partial charge in [0.1, 0.15) is 11.6 Å². The summed E-state index contributed by atoms with van der Waals surface area (Å²) < 4.78 is 0. The van der Waals surface area contributed by atoms with E-state index >= 15 is 0 Å². The second-order valence-electron chi connectivity index (χ2n) is 11.1. The Balaban J connectivity index is 3.27. The molecule has 0 fully saturated rings. The number of hydrogen-bond donors (Lipinski definition) is 0. The maximum Gasteiger partial charge on any atom is 0.132 e. The minimum Gasteiger partial charge on any atom is -0.300 e. The van der Waals surface area contributed by atoms with Crippen LogP contribution in [0, 0.1) is 5.92 Å². The zero-order valence-corrected chi connectivity index (χ0v) is 23.8. The molecule has 202 valence electrons. The maximum atomic E-state index is 12.2. The summed E-state index contributed by atoms with van der Waals surface area (Å²) in [4.78, 5) is 23.4. The predicted octanol–water partition coefficient (Wildman–Crippen LogP) is 10.9. The highest BCUT2D eigenvalue weighted by Crippen LogP contribution is 2.18. The van der Waals surface area contributed by atoms with Crippen LogP contribution in [-0.2, 0) is 9.59 Å². The number of Topliss-reactive ketones (excluding diaryl/α,β-unsaturated/α-hetero) is 2. The Hall–Kier alpha value is -0.660. The molecule has 0 aromatic heterocycles. The van der Waals surface area contributed by atoms with Gasteiger partial charge in [0, 0.05) is 25.7 Å². The van der Waals surface area contributed by atoms with Gasteiger partial charge in [0.25, 0.3) is 0 Å². The van der Waals surface area contributed by atoms with Crippen LogP contribution < -0.4 is 0 Å². The Morgan fingerprint density at radius 3 is 1.26 bits per heavy atom. The molecule has 0 spiro atoms. The van der Waals surface area contributed by atoms with E-state index in [0.29, 0.717) is 18.0 Å². The molecule has 0 aromatic carbocycles. The topological polar surface area (TPSA) is 34.1 Å². The average Bonchev–Trinajstić information content (AvgIpc) is 2.84. The van der Waals surface area contributed by atoms with E-state index < -0.39 is 0 Å². The summed E-state index contributed by atoms with van der Waals surface area (Å²) in [7, 11) is 0. The van der Waals surface area contributed by atoms with Gasteiger partial charge < -0.3 is 0 Å². The van der Waals surface area contributed by atoms with E-state index in [1.54, 1.807) is 0 Å². The normalized spacial score (nSPS) is 12.2. The van der Waals surface area contributed by atoms with Crippen LogP contribution >= 0.6 is 0 Å². The van der Waals surface area contributed by atoms with Crippen molar-refractivity contribution in [2.45, 2.75) is 188 Å². The fraction of sp³-hybridized carbons (Fsp3) is 0.938. The minimum absolute atomic E-state index is 0.422. The van der Waals surface area contributed by atoms with E-state index in [-0.39, 0.29) is 0 Å². The largest absolute Gasteiger partial charge is 0.300 e. The first-order chi connectivity index (χ1) is 16.6. The van der Waals surface area contributed by atoms with Gasteiger partial charge in [-0.3, -0.25) is 9.59 Å². The highest BCUT2D eigenvalue weighted by molar-refractivity contribution is 5.78. The summed E-state index contributed by atoms with van der Waals surface area (Å²) in [6.45, 7) is 6.57. The van der Waals surface area contributed by atoms with Gasteiger partial charge >= 0.3 is 0 Å². The van der Waals surface area contributed by atoms with E-state index in [9.17, 15) is 9.59 Å². The van der Waals surface area contributed by atoms with Crippen LogP contribution in [0.2, 0.25) is 0 Å². The van der Waals surface area contributed by atoms with Crippen LogP contribution in [0.5, 0.6) is 0 Å². The molecule has 0 aliphatic carbocycles. The summed E-state index contributed by atoms with van der Waals surface area (Å²) in [6, 6.07) is 0. The molecule has 0 saturated heterocycles. The molecule has 1 atom stereocenters. The van der Waals surface area contributed by atoms with Crippen molar-refractivity contribution in [3.05, 3.63) is 0 Å². The molecule has 0 N–H and O–H groups in total. The first kappa shape index (κ1) is 33.3. The molecule has 1 unspecified atom stereocenters. The lowest BCUT2D eigenvalue weighted by molar-refractivity contribution is -0.120. The van der Waals surface area contributed by atoms with E-state index in [0.717, 1.165) is 44.4 Å². The maximum absolute atomic E-state index is 12.2. The van der Waals surface area contributed by atoms with Gasteiger partial charge in [-0.1, -0.05) is 143 Å². The van der Waals surface area contributed by atoms with Crippen molar-refractivity contribution in [2.75, 3.05) is 0 Å². The van der Waals surface area contributed by atoms with Gasteiger partial charge in [0.15, 0.2) is 0 Å². The van der Waals surface area contributed by atoms with Crippen LogP contribution in [-0.4, -0.2) is 11.6 Å². The first-order valence-electron chi connectivity index (χ1n) is 15.6. The highest BCUT2D eigenvalue weighted by atomic mass is 16.1. The second kappa shape index (κ2) is 26.9. The molecule has 34 heavy (non-hydrogen) atoms. The number of unbranched alkanes of at least 4 members (excludes halogenated alkanes) is 18. The molecule has 2 nitrogen and oxygen atoms in total. The minimum atomic E-state index is 0.422. The van der Waals surface area contributed by atoms with Crippen LogP contribution in [0.3, 0.4) is 0 Å². The molecule has 0 heterocycles. The lowest BCUT2D eigenvalue weighted by Crippen LogP contribution is -2.02. The molecule has 2 heteroatoms. The quantitative estimate of drug-likeness (QED) is 0.105. The van der Waals surface area contributed by atoms with Crippen molar-refractivity contribution in [2.24, 2.45) is 5.92 Å². The van der Waals surface area contributed by atoms with Crippen molar-refractivity contribution in [1.29, 1.82) is 0 Å². The summed E-state index contributed by atoms with van der Waals surface area (Å²) in [5.41, 5.74) is 0. The van der Waals surface area contributed by atoms with Crippen LogP contribution in [0.1, 0.15) is 188 Å². The Bertz CT molecular complexity index is 442. The molecule has 0 bridgehead atoms. The average molecular weight is 479 g/mol. The molecule has 0 rings (SSSR count). The molecular formula is C32H62O2. The Morgan fingerprint density at radius 1 is 0.441 bits per heavy atom. The summed E-state index contributed by atoms with van der Waals surface area (Å²) in [5.74, 6) is 1.64. The fourth-order valence-electron chi connectivity index (χ4n) is 4.89. The zero-order chi connectivity index (χ0) is 25.1. The molecular weight excluding hydrogens is 416 g/mol. The summed E-state index contributed by atoms with van der Waals surface area (Å²) in [5, 5.41) is 0. The summed E-state index contributed by atoms with van der Waals surface area (Å²) >= 11 is 0. The smallest absolute Gasteiger partial charge is 0.132 e. The molecule has 0 amide bonds. The third kappa shape index (κ3) is 26.0. The van der Waals surface area contributed by atoms with Crippen molar-refractivity contribution in [3.8, 4) is 0 Å². The second-order valence-corrected chi connectivity index (χ2v) is 11.1. The molecule has 0 saturated carbocycles. The van der Waals surface area contributed by atoms with Gasteiger partial charge in [0.05, 0.1) is 0 Å². The van der Waals surface area contributed by atoms with E-state index in [1.165, 1.54) is 122 Å². The van der Waals surface area contributed by atoms with E-state index in [4.69, 9.17) is 0 Å². The number of carbonyl (C=O) groups is 2. The van der Waals surface area contributed by atoms with Gasteiger partial charge in [-0.05, 0) is 25.2 Å². The predicted molar refractivity (Wildman–Crippen MR) is 151 cm³/mol. The van der Waals surface area contributed by atoms with E-state index in [1.807, 2.05) is 6.92 Å². The summed E-state index contributed by atoms with van der Waals surface area (Å²) in [6.07, 6.45) is 32.0. The standard InChI is InChI=1S/C32H62O2/c1-4-6-7-8-16-19-22-25-30(3)28-29-32(34)27-24-21-18-15-13-11-9-10-12-14-17-20-23-26-31(33)5-2/h30H,4-29H2,1-3H3. The Morgan fingerprint density at radius 2 is 0.824 bits per heavy atom. The lowest BCUT2D eigenvalue weighted by Gasteiger charge is -2.10. The van der Waals surface area contributed by atoms with Crippen molar-refractivity contribution in [1.82, 2.24) is 0 Å². The molecule has 0 aliphatic rings. The van der Waals surface area contributed by atoms with E-state index in [2.05, 4.69) is 13.8 Å². The molecule has 0 radical (unpaired) electrons. The van der Waals surface area contributed by atoms with Crippen molar-refractivity contribution < 1.29 is 9.59 Å². The number of hydrogen-bond acceptors (Lipinski definition) is 2. The van der Waals surface area contributed by atoms with Gasteiger partial charge in [-0.25, -0.2) is 0 Å². The lowest BCUT2D eigenvalue weighted by atomic mass is 9.95. The Kier molecular flexibility index (Phi) is 26.4. The monoisotopic (exact) mass is 478 g/mol. The number of ketones is 2. The van der Waals surface area contributed by atoms with Crippen molar-refractivity contribution >= 4 is 11.6 Å². The molecule has 0 aromatic rings. The SMILES string of the molecule is CCCCCCCCCC(C)CCC(=O)CCCCCCCCCCCCCCCC(=O)CC. The van der Waals surface area contributed by atoms with Crippen LogP contribution in [0.15, 0.2) is 0 Å². The first-order valence-corrected chi connectivity index (χ1v) is 15.6. The van der Waals surface area contributed by atoms with Gasteiger partial charge in [0.2, 0.25) is 0 Å². The van der Waals surface area contributed by atoms with Crippen molar-refractivity contribution in [3.63, 3.8) is 0 Å². The highest BCUT2D eigenvalue weighted by Gasteiger charge is 2.07. The number of rotatable bonds is 28. The van der Waals surface area contributed by atoms with Crippen LogP contribution in [0.4, 0.5) is 0 Å². The fourth-order valence-corrected chi connectivity index (χ4v) is 4.89. The van der Waals surface area contributed by atoms with Gasteiger partial charge in [-0.15, -0.1) is 0 Å². The van der Waals surface area contributed by atoms with Gasteiger partial charge in [-0.2, -0.15) is 0 Å². The number of carbonyl (C=O) groups excluding carboxylic acids is 2. The third-order valence-corrected chi connectivity index (χ3v) is 7.52. The zero-order valence-electron chi connectivity index (χ0n) is 23.8. The third-order valence-electron chi connectivity index (χ3n) is 7.52. The van der Waals surface area contributed by atoms with Crippen LogP contribution in [0.25, 0.3) is 0 Å². The Labute approximate surface area is 214 Å². The molecule has 0 aliphatic heterocycles.